The highest BCUT2D eigenvalue weighted by molar-refractivity contribution is 7.90. The Labute approximate surface area is 269 Å². The molecule has 1 aliphatic rings. The van der Waals surface area contributed by atoms with Gasteiger partial charge in [-0.05, 0) is 69.4 Å². The summed E-state index contributed by atoms with van der Waals surface area (Å²) < 4.78 is 40.5. The molecular weight excluding hydrogens is 606 g/mol. The third kappa shape index (κ3) is 7.32. The van der Waals surface area contributed by atoms with Gasteiger partial charge in [-0.2, -0.15) is 0 Å². The van der Waals surface area contributed by atoms with Crippen molar-refractivity contribution < 1.29 is 32.3 Å². The largest absolute Gasteiger partial charge is 0.469 e. The van der Waals surface area contributed by atoms with Crippen LogP contribution in [0.15, 0.2) is 77.7 Å². The number of carbonyl (C=O) groups is 3. The normalized spacial score (nSPS) is 16.1. The summed E-state index contributed by atoms with van der Waals surface area (Å²) in [5, 5.41) is 6.37. The molecule has 10 nitrogen and oxygen atoms in total. The van der Waals surface area contributed by atoms with E-state index in [0.29, 0.717) is 66.5 Å². The van der Waals surface area contributed by atoms with Gasteiger partial charge in [0.05, 0.1) is 34.5 Å². The number of aromatic nitrogens is 1. The zero-order valence-corrected chi connectivity index (χ0v) is 26.9. The van der Waals surface area contributed by atoms with Gasteiger partial charge < -0.3 is 20.1 Å². The Hall–Kier alpha value is -4.48. The summed E-state index contributed by atoms with van der Waals surface area (Å²) in [6.45, 7) is 2.16. The monoisotopic (exact) mass is 645 g/mol. The molecule has 4 aromatic rings. The first-order valence-corrected chi connectivity index (χ1v) is 17.0. The van der Waals surface area contributed by atoms with E-state index in [4.69, 9.17) is 9.47 Å². The second-order valence-electron chi connectivity index (χ2n) is 11.4. The lowest BCUT2D eigenvalue weighted by Crippen LogP contribution is -2.31. The highest BCUT2D eigenvalue weighted by Crippen LogP contribution is 2.33. The number of methoxy groups -OCH3 is 1. The maximum Gasteiger partial charge on any atom is 0.305 e. The number of rotatable bonds is 8. The number of esters is 1. The van der Waals surface area contributed by atoms with Gasteiger partial charge in [0, 0.05) is 24.1 Å². The molecular formula is C35H39N3O7S. The summed E-state index contributed by atoms with van der Waals surface area (Å²) in [6.07, 6.45) is 3.43. The molecule has 2 N–H and O–H groups in total. The Morgan fingerprint density at radius 2 is 1.61 bits per heavy atom. The molecule has 46 heavy (non-hydrogen) atoms. The van der Waals surface area contributed by atoms with Crippen molar-refractivity contribution in [3.8, 4) is 0 Å². The smallest absolute Gasteiger partial charge is 0.305 e. The molecule has 0 aliphatic carbocycles. The fourth-order valence-electron chi connectivity index (χ4n) is 5.72. The van der Waals surface area contributed by atoms with Crippen LogP contribution >= 0.6 is 0 Å². The van der Waals surface area contributed by atoms with Crippen LogP contribution in [0.2, 0.25) is 0 Å². The van der Waals surface area contributed by atoms with E-state index in [2.05, 4.69) is 10.6 Å². The number of hydrogen-bond donors (Lipinski definition) is 2. The first-order valence-electron chi connectivity index (χ1n) is 15.5. The van der Waals surface area contributed by atoms with Gasteiger partial charge >= 0.3 is 5.97 Å². The molecule has 0 spiro atoms. The number of carbonyl (C=O) groups excluding carboxylic acids is 3. The molecule has 1 aromatic heterocycles. The van der Waals surface area contributed by atoms with Crippen LogP contribution in [0.3, 0.4) is 0 Å². The molecule has 5 rings (SSSR count). The maximum absolute atomic E-state index is 14.2. The van der Waals surface area contributed by atoms with Crippen LogP contribution in [0, 0.1) is 6.92 Å². The number of nitrogens with zero attached hydrogens (tertiary/aromatic N) is 1. The molecule has 0 unspecified atom stereocenters. The summed E-state index contributed by atoms with van der Waals surface area (Å²) >= 11 is 0. The van der Waals surface area contributed by atoms with Gasteiger partial charge in [0.2, 0.25) is 0 Å². The first-order chi connectivity index (χ1) is 22.2. The summed E-state index contributed by atoms with van der Waals surface area (Å²) in [4.78, 5) is 39.1. The van der Waals surface area contributed by atoms with Gasteiger partial charge in [-0.15, -0.1) is 0 Å². The minimum absolute atomic E-state index is 0.132. The van der Waals surface area contributed by atoms with Gasteiger partial charge in [0.25, 0.3) is 21.8 Å². The third-order valence-corrected chi connectivity index (χ3v) is 9.91. The number of amides is 2. The Bertz CT molecular complexity index is 1830. The van der Waals surface area contributed by atoms with Gasteiger partial charge in [-0.1, -0.05) is 60.9 Å². The van der Waals surface area contributed by atoms with Gasteiger partial charge in [0.15, 0.2) is 0 Å². The molecule has 0 fully saturated rings. The van der Waals surface area contributed by atoms with Crippen molar-refractivity contribution >= 4 is 50.1 Å². The van der Waals surface area contributed by atoms with Crippen LogP contribution in [0.1, 0.15) is 66.6 Å². The summed E-state index contributed by atoms with van der Waals surface area (Å²) in [7, 11) is -2.70. The lowest BCUT2D eigenvalue weighted by Gasteiger charge is -2.20. The summed E-state index contributed by atoms with van der Waals surface area (Å²) in [5.74, 6) is -1.06. The van der Waals surface area contributed by atoms with E-state index in [1.165, 1.54) is 11.1 Å². The highest BCUT2D eigenvalue weighted by Gasteiger charge is 2.30. The number of hydrogen-bond acceptors (Lipinski definition) is 7. The molecule has 1 atom stereocenters. The zero-order chi connectivity index (χ0) is 32.7. The van der Waals surface area contributed by atoms with Crippen LogP contribution in [-0.2, 0) is 35.5 Å². The van der Waals surface area contributed by atoms with Crippen molar-refractivity contribution in [1.82, 2.24) is 3.97 Å². The van der Waals surface area contributed by atoms with Gasteiger partial charge in [0.1, 0.15) is 6.10 Å². The Morgan fingerprint density at radius 1 is 0.913 bits per heavy atom. The predicted molar refractivity (Wildman–Crippen MR) is 177 cm³/mol. The van der Waals surface area contributed by atoms with Crippen LogP contribution < -0.4 is 10.6 Å². The molecule has 242 valence electrons. The molecule has 3 aromatic carbocycles. The fourth-order valence-corrected chi connectivity index (χ4v) is 7.30. The average molecular weight is 646 g/mol. The molecule has 2 heterocycles. The molecule has 2 amide bonds. The van der Waals surface area contributed by atoms with Crippen molar-refractivity contribution in [2.75, 3.05) is 24.4 Å². The highest BCUT2D eigenvalue weighted by atomic mass is 32.2. The maximum atomic E-state index is 14.2. The van der Waals surface area contributed by atoms with Crippen molar-refractivity contribution in [2.24, 2.45) is 0 Å². The van der Waals surface area contributed by atoms with E-state index < -0.39 is 22.0 Å². The van der Waals surface area contributed by atoms with E-state index >= 15 is 0 Å². The minimum atomic E-state index is -4.06. The van der Waals surface area contributed by atoms with Crippen molar-refractivity contribution in [3.05, 3.63) is 89.6 Å². The van der Waals surface area contributed by atoms with Gasteiger partial charge in [-0.3, -0.25) is 14.4 Å². The number of benzene rings is 3. The van der Waals surface area contributed by atoms with E-state index in [0.717, 1.165) is 12.0 Å². The number of ether oxygens (including phenoxy) is 2. The quantitative estimate of drug-likeness (QED) is 0.172. The summed E-state index contributed by atoms with van der Waals surface area (Å²) in [6, 6.07) is 20.5. The first kappa shape index (κ1) is 32.9. The number of nitrogens with one attached hydrogen (secondary N) is 2. The van der Waals surface area contributed by atoms with Crippen LogP contribution in [0.4, 0.5) is 11.4 Å². The Balaban J connectivity index is 1.50. The molecule has 11 heteroatoms. The average Bonchev–Trinajstić information content (AvgIpc) is 3.39. The number of unbranched alkanes of at least 4 members (excludes halogenated alkanes) is 2. The zero-order valence-electron chi connectivity index (χ0n) is 26.1. The topological polar surface area (TPSA) is 133 Å². The van der Waals surface area contributed by atoms with E-state index in [9.17, 15) is 22.8 Å². The second-order valence-corrected chi connectivity index (χ2v) is 13.2. The van der Waals surface area contributed by atoms with Crippen molar-refractivity contribution in [3.63, 3.8) is 0 Å². The van der Waals surface area contributed by atoms with Crippen LogP contribution in [0.25, 0.3) is 10.9 Å². The molecule has 0 saturated heterocycles. The SMILES string of the molecule is COC(=O)CCCCC[C@@H]1OCCCCc2c(c3ccccc3n2S(=O)(=O)c2ccc(C)cc2)C(=O)Nc2ccccc2NC1=O. The standard InChI is InChI=1S/C35H39N3O7S/c1-24-19-21-25(22-20-24)46(42,43)38-29-15-9-6-12-26(29)33-30(38)16-10-11-23-45-31(17-4-3-5-18-32(39)44-2)34(40)36-27-13-7-8-14-28(27)37-35(33)41/h6-9,12-15,19-22,31H,3-5,10-11,16-18,23H2,1-2H3,(H,36,40)(H,37,41)/t31-/m0/s1. The molecule has 1 aliphatic heterocycles. The number of anilines is 2. The third-order valence-electron chi connectivity index (χ3n) is 8.14. The van der Waals surface area contributed by atoms with E-state index in [1.807, 2.05) is 6.92 Å². The minimum Gasteiger partial charge on any atom is -0.469 e. The number of fused-ring (bicyclic) bond motifs is 4. The van der Waals surface area contributed by atoms with Crippen molar-refractivity contribution in [2.45, 2.75) is 69.3 Å². The number of aryl methyl sites for hydroxylation is 1. The Kier molecular flexibility index (Phi) is 10.5. The lowest BCUT2D eigenvalue weighted by atomic mass is 10.1. The fraction of sp³-hybridized carbons (Fsp3) is 0.343. The van der Waals surface area contributed by atoms with E-state index in [-0.39, 0.29) is 35.4 Å². The van der Waals surface area contributed by atoms with E-state index in [1.54, 1.807) is 72.8 Å². The molecule has 0 bridgehead atoms. The van der Waals surface area contributed by atoms with Gasteiger partial charge in [-0.25, -0.2) is 12.4 Å². The lowest BCUT2D eigenvalue weighted by molar-refractivity contribution is -0.140. The predicted octanol–water partition coefficient (Wildman–Crippen LogP) is 6.22. The van der Waals surface area contributed by atoms with Crippen molar-refractivity contribution in [1.29, 1.82) is 0 Å². The Morgan fingerprint density at radius 3 is 2.35 bits per heavy atom. The number of para-hydroxylation sites is 3. The second kappa shape index (κ2) is 14.7. The van der Waals surface area contributed by atoms with Crippen LogP contribution in [0.5, 0.6) is 0 Å². The molecule has 0 radical (unpaired) electrons. The van der Waals surface area contributed by atoms with Crippen LogP contribution in [-0.4, -0.2) is 50.0 Å². The summed E-state index contributed by atoms with van der Waals surface area (Å²) in [5.41, 5.74) is 2.78. The molecule has 0 saturated carbocycles.